The summed E-state index contributed by atoms with van der Waals surface area (Å²) in [7, 11) is -3.68. The van der Waals surface area contributed by atoms with Crippen LogP contribution in [0.15, 0.2) is 64.2 Å². The Morgan fingerprint density at radius 3 is 2.47 bits per heavy atom. The molecule has 2 N–H and O–H groups in total. The van der Waals surface area contributed by atoms with E-state index in [0.29, 0.717) is 22.9 Å². The highest BCUT2D eigenvalue weighted by Gasteiger charge is 2.21. The molecular weight excluding hydrogens is 456 g/mol. The second kappa shape index (κ2) is 8.89. The van der Waals surface area contributed by atoms with Crippen molar-refractivity contribution in [1.29, 1.82) is 0 Å². The Morgan fingerprint density at radius 1 is 1.03 bits per heavy atom. The van der Waals surface area contributed by atoms with Crippen LogP contribution in [0.2, 0.25) is 0 Å². The number of fused-ring (bicyclic) bond motifs is 1. The largest absolute Gasteiger partial charge is 0.454 e. The summed E-state index contributed by atoms with van der Waals surface area (Å²) in [5.74, 6) is -0.130. The summed E-state index contributed by atoms with van der Waals surface area (Å²) >= 11 is 1.10. The molecule has 0 fully saturated rings. The van der Waals surface area contributed by atoms with Crippen LogP contribution in [0.5, 0.6) is 11.5 Å². The van der Waals surface area contributed by atoms with Gasteiger partial charge in [-0.1, -0.05) is 6.07 Å². The summed E-state index contributed by atoms with van der Waals surface area (Å²) < 4.78 is 42.8. The van der Waals surface area contributed by atoms with Crippen LogP contribution < -0.4 is 19.5 Å². The lowest BCUT2D eigenvalue weighted by Crippen LogP contribution is -2.30. The van der Waals surface area contributed by atoms with E-state index in [2.05, 4.69) is 10.0 Å². The first-order valence-electron chi connectivity index (χ1n) is 9.40. The smallest absolute Gasteiger partial charge is 0.338 e. The van der Waals surface area contributed by atoms with Gasteiger partial charge in [0.1, 0.15) is 4.21 Å². The molecule has 0 aliphatic carbocycles. The summed E-state index contributed by atoms with van der Waals surface area (Å²) in [6.45, 7) is 1.57. The number of thiophene rings is 1. The van der Waals surface area contributed by atoms with E-state index in [1.54, 1.807) is 29.6 Å². The number of sulfonamides is 1. The summed E-state index contributed by atoms with van der Waals surface area (Å²) in [4.78, 5) is 24.7. The van der Waals surface area contributed by atoms with Gasteiger partial charge in [0.25, 0.3) is 15.9 Å². The highest BCUT2D eigenvalue weighted by Crippen LogP contribution is 2.34. The van der Waals surface area contributed by atoms with E-state index in [1.165, 1.54) is 37.3 Å². The van der Waals surface area contributed by atoms with Crippen molar-refractivity contribution in [2.75, 3.05) is 16.8 Å². The number of ether oxygens (including phenoxy) is 3. The van der Waals surface area contributed by atoms with Gasteiger partial charge in [-0.25, -0.2) is 13.2 Å². The summed E-state index contributed by atoms with van der Waals surface area (Å²) in [6, 6.07) is 13.8. The zero-order valence-corrected chi connectivity index (χ0v) is 18.4. The van der Waals surface area contributed by atoms with Crippen LogP contribution in [-0.4, -0.2) is 33.2 Å². The number of carbonyl (C=O) groups is 2. The van der Waals surface area contributed by atoms with E-state index in [4.69, 9.17) is 14.2 Å². The zero-order chi connectivity index (χ0) is 22.7. The number of nitrogens with one attached hydrogen (secondary N) is 2. The first kappa shape index (κ1) is 21.7. The molecule has 0 bridgehead atoms. The summed E-state index contributed by atoms with van der Waals surface area (Å²) in [5, 5.41) is 4.31. The number of esters is 1. The Hall–Kier alpha value is -3.57. The second-order valence-corrected chi connectivity index (χ2v) is 9.58. The molecule has 1 aromatic heterocycles. The maximum atomic E-state index is 12.4. The highest BCUT2D eigenvalue weighted by atomic mass is 32.2. The van der Waals surface area contributed by atoms with Crippen LogP contribution in [0.25, 0.3) is 0 Å². The minimum Gasteiger partial charge on any atom is -0.454 e. The van der Waals surface area contributed by atoms with Gasteiger partial charge < -0.3 is 19.5 Å². The number of rotatable bonds is 7. The Morgan fingerprint density at radius 2 is 1.75 bits per heavy atom. The lowest BCUT2D eigenvalue weighted by molar-refractivity contribution is -0.123. The van der Waals surface area contributed by atoms with Crippen molar-refractivity contribution in [2.45, 2.75) is 17.2 Å². The van der Waals surface area contributed by atoms with Crippen molar-refractivity contribution >= 4 is 44.6 Å². The van der Waals surface area contributed by atoms with Crippen LogP contribution in [0, 0.1) is 0 Å². The maximum Gasteiger partial charge on any atom is 0.338 e. The number of amides is 1. The fourth-order valence-corrected chi connectivity index (χ4v) is 4.85. The van der Waals surface area contributed by atoms with E-state index in [0.717, 1.165) is 11.3 Å². The van der Waals surface area contributed by atoms with Gasteiger partial charge in [0, 0.05) is 17.4 Å². The lowest BCUT2D eigenvalue weighted by Gasteiger charge is -2.14. The molecule has 11 heteroatoms. The molecule has 0 saturated heterocycles. The Balaban J connectivity index is 1.34. The minimum atomic E-state index is -3.68. The third kappa shape index (κ3) is 4.84. The second-order valence-electron chi connectivity index (χ2n) is 6.72. The van der Waals surface area contributed by atoms with Crippen LogP contribution in [0.4, 0.5) is 11.4 Å². The van der Waals surface area contributed by atoms with Crippen molar-refractivity contribution in [3.8, 4) is 11.5 Å². The zero-order valence-electron chi connectivity index (χ0n) is 16.7. The minimum absolute atomic E-state index is 0.120. The molecule has 0 saturated carbocycles. The maximum absolute atomic E-state index is 12.4. The number of carbonyl (C=O) groups excluding carboxylic acids is 2. The SMILES string of the molecule is C[C@H](OC(=O)c1ccc(NS(=O)(=O)c2cccs2)cc1)C(=O)Nc1ccc2c(c1)OCO2. The van der Waals surface area contributed by atoms with Crippen molar-refractivity contribution in [2.24, 2.45) is 0 Å². The van der Waals surface area contributed by atoms with Gasteiger partial charge in [0.15, 0.2) is 17.6 Å². The number of benzene rings is 2. The molecule has 1 aliphatic rings. The number of hydrogen-bond acceptors (Lipinski definition) is 8. The van der Waals surface area contributed by atoms with E-state index < -0.39 is 28.0 Å². The van der Waals surface area contributed by atoms with Gasteiger partial charge in [-0.05, 0) is 54.8 Å². The van der Waals surface area contributed by atoms with Gasteiger partial charge >= 0.3 is 5.97 Å². The number of anilines is 2. The predicted octanol–water partition coefficient (Wildman–Crippen LogP) is 3.46. The van der Waals surface area contributed by atoms with Crippen LogP contribution in [0.1, 0.15) is 17.3 Å². The first-order valence-corrected chi connectivity index (χ1v) is 11.8. The fraction of sp³-hybridized carbons (Fsp3) is 0.143. The lowest BCUT2D eigenvalue weighted by atomic mass is 10.2. The molecular formula is C21H18N2O7S2. The third-order valence-corrected chi connectivity index (χ3v) is 7.20. The van der Waals surface area contributed by atoms with E-state index in [9.17, 15) is 18.0 Å². The molecule has 0 spiro atoms. The van der Waals surface area contributed by atoms with Crippen molar-refractivity contribution in [3.05, 3.63) is 65.5 Å². The van der Waals surface area contributed by atoms with E-state index in [1.807, 2.05) is 0 Å². The molecule has 2 aromatic carbocycles. The molecule has 0 unspecified atom stereocenters. The average molecular weight is 475 g/mol. The van der Waals surface area contributed by atoms with E-state index in [-0.39, 0.29) is 16.6 Å². The molecule has 1 atom stereocenters. The van der Waals surface area contributed by atoms with Crippen LogP contribution in [-0.2, 0) is 19.6 Å². The Kier molecular flexibility index (Phi) is 6.01. The first-order chi connectivity index (χ1) is 15.3. The molecule has 9 nitrogen and oxygen atoms in total. The van der Waals surface area contributed by atoms with Gasteiger partial charge in [0.05, 0.1) is 5.56 Å². The Bertz CT molecular complexity index is 1240. The van der Waals surface area contributed by atoms with Gasteiger partial charge in [-0.15, -0.1) is 11.3 Å². The van der Waals surface area contributed by atoms with Crippen LogP contribution in [0.3, 0.4) is 0 Å². The monoisotopic (exact) mass is 474 g/mol. The van der Waals surface area contributed by atoms with Crippen molar-refractivity contribution in [3.63, 3.8) is 0 Å². The number of hydrogen-bond donors (Lipinski definition) is 2. The highest BCUT2D eigenvalue weighted by molar-refractivity contribution is 7.94. The molecule has 1 amide bonds. The van der Waals surface area contributed by atoms with Gasteiger partial charge in [0.2, 0.25) is 6.79 Å². The molecule has 166 valence electrons. The van der Waals surface area contributed by atoms with E-state index >= 15 is 0 Å². The van der Waals surface area contributed by atoms with Crippen molar-refractivity contribution in [1.82, 2.24) is 0 Å². The third-order valence-electron chi connectivity index (χ3n) is 4.43. The van der Waals surface area contributed by atoms with Gasteiger partial charge in [-0.2, -0.15) is 0 Å². The van der Waals surface area contributed by atoms with Gasteiger partial charge in [-0.3, -0.25) is 9.52 Å². The average Bonchev–Trinajstić information content (AvgIpc) is 3.46. The molecule has 32 heavy (non-hydrogen) atoms. The molecule has 4 rings (SSSR count). The topological polar surface area (TPSA) is 120 Å². The quantitative estimate of drug-likeness (QED) is 0.503. The molecule has 1 aliphatic heterocycles. The molecule has 0 radical (unpaired) electrons. The summed E-state index contributed by atoms with van der Waals surface area (Å²) in [6.07, 6.45) is -1.06. The molecule has 3 aromatic rings. The van der Waals surface area contributed by atoms with Crippen molar-refractivity contribution < 1.29 is 32.2 Å². The van der Waals surface area contributed by atoms with Crippen LogP contribution >= 0.6 is 11.3 Å². The standard InChI is InChI=1S/C21H18N2O7S2/c1-13(20(24)22-16-8-9-17-18(11-16)29-12-28-17)30-21(25)14-4-6-15(7-5-14)23-32(26,27)19-3-2-10-31-19/h2-11,13,23H,12H2,1H3,(H,22,24)/t13-/m0/s1. The molecule has 2 heterocycles. The predicted molar refractivity (Wildman–Crippen MR) is 118 cm³/mol. The summed E-state index contributed by atoms with van der Waals surface area (Å²) in [5.41, 5.74) is 0.944. The fourth-order valence-electron chi connectivity index (χ4n) is 2.80. The normalized spacial score (nSPS) is 13.3. The Labute approximate surface area is 188 Å².